The Balaban J connectivity index is 1.89. The molecule has 0 fully saturated rings. The van der Waals surface area contributed by atoms with Crippen molar-refractivity contribution in [2.24, 2.45) is 0 Å². The second-order valence-electron chi connectivity index (χ2n) is 12.0. The molecule has 4 aromatic rings. The molecule has 0 spiro atoms. The minimum absolute atomic E-state index is 0.0852. The second kappa shape index (κ2) is 16.1. The SMILES string of the molecule is CCOc1ccccc1N(CC(=O)N(Cc1c(Cl)cccc1Cl)[C@@H](Cc1ccccc1)C(=O)NC(C)(C)C)S(=O)(=O)c1ccc(Cl)cc1. The molecule has 0 bridgehead atoms. The summed E-state index contributed by atoms with van der Waals surface area (Å²) in [6.45, 7) is 6.70. The van der Waals surface area contributed by atoms with Crippen LogP contribution in [0.5, 0.6) is 5.75 Å². The minimum Gasteiger partial charge on any atom is -0.492 e. The quantitative estimate of drug-likeness (QED) is 0.152. The van der Waals surface area contributed by atoms with Gasteiger partial charge in [0.2, 0.25) is 11.8 Å². The third kappa shape index (κ3) is 9.44. The van der Waals surface area contributed by atoms with Crippen LogP contribution in [0, 0.1) is 0 Å². The van der Waals surface area contributed by atoms with E-state index in [4.69, 9.17) is 39.5 Å². The van der Waals surface area contributed by atoms with Gasteiger partial charge in [-0.1, -0.05) is 83.3 Å². The van der Waals surface area contributed by atoms with Gasteiger partial charge >= 0.3 is 0 Å². The molecule has 0 aromatic heterocycles. The van der Waals surface area contributed by atoms with Gasteiger partial charge in [-0.05, 0) is 81.8 Å². The fourth-order valence-electron chi connectivity index (χ4n) is 5.05. The summed E-state index contributed by atoms with van der Waals surface area (Å²) in [5.41, 5.74) is 0.722. The van der Waals surface area contributed by atoms with E-state index in [0.29, 0.717) is 20.6 Å². The second-order valence-corrected chi connectivity index (χ2v) is 15.1. The molecule has 0 radical (unpaired) electrons. The molecule has 0 heterocycles. The van der Waals surface area contributed by atoms with Crippen molar-refractivity contribution in [3.63, 3.8) is 0 Å². The van der Waals surface area contributed by atoms with Gasteiger partial charge in [-0.3, -0.25) is 13.9 Å². The summed E-state index contributed by atoms with van der Waals surface area (Å²) in [5, 5.41) is 3.94. The van der Waals surface area contributed by atoms with E-state index >= 15 is 0 Å². The van der Waals surface area contributed by atoms with Gasteiger partial charge < -0.3 is 15.0 Å². The van der Waals surface area contributed by atoms with Gasteiger partial charge in [0, 0.05) is 39.1 Å². The number of para-hydroxylation sites is 2. The fourth-order valence-corrected chi connectivity index (χ4v) is 7.12. The molecule has 0 saturated heterocycles. The van der Waals surface area contributed by atoms with Crippen molar-refractivity contribution in [2.45, 2.75) is 57.1 Å². The zero-order chi connectivity index (χ0) is 35.1. The van der Waals surface area contributed by atoms with Crippen LogP contribution < -0.4 is 14.4 Å². The van der Waals surface area contributed by atoms with E-state index in [1.165, 1.54) is 29.2 Å². The lowest BCUT2D eigenvalue weighted by molar-refractivity contribution is -0.140. The Morgan fingerprint density at radius 1 is 0.833 bits per heavy atom. The van der Waals surface area contributed by atoms with E-state index in [1.54, 1.807) is 49.4 Å². The molecule has 254 valence electrons. The Labute approximate surface area is 297 Å². The molecule has 0 aliphatic carbocycles. The molecule has 12 heteroatoms. The van der Waals surface area contributed by atoms with E-state index in [0.717, 1.165) is 9.87 Å². The number of hydrogen-bond donors (Lipinski definition) is 1. The van der Waals surface area contributed by atoms with E-state index in [9.17, 15) is 18.0 Å². The molecule has 4 aromatic carbocycles. The predicted octanol–water partition coefficient (Wildman–Crippen LogP) is 7.80. The highest BCUT2D eigenvalue weighted by Gasteiger charge is 2.37. The van der Waals surface area contributed by atoms with Gasteiger partial charge in [0.1, 0.15) is 18.3 Å². The minimum atomic E-state index is -4.37. The largest absolute Gasteiger partial charge is 0.492 e. The standard InChI is InChI=1S/C36H38Cl3N3O5S/c1-5-47-33-17-10-9-16-31(33)42(48(45,46)27-20-18-26(37)19-21-27)24-34(43)41(23-28-29(38)14-11-15-30(28)39)32(35(44)40-36(2,3)4)22-25-12-7-6-8-13-25/h6-21,32H,5,22-24H2,1-4H3,(H,40,44)/t32-/m0/s1. The van der Waals surface area contributed by atoms with Crippen LogP contribution in [-0.4, -0.2) is 49.9 Å². The fraction of sp³-hybridized carbons (Fsp3) is 0.278. The van der Waals surface area contributed by atoms with Gasteiger partial charge in [0.25, 0.3) is 10.0 Å². The van der Waals surface area contributed by atoms with Crippen molar-refractivity contribution in [1.82, 2.24) is 10.2 Å². The number of nitrogens with zero attached hydrogens (tertiary/aromatic N) is 2. The average Bonchev–Trinajstić information content (AvgIpc) is 3.03. The number of carbonyl (C=O) groups is 2. The topological polar surface area (TPSA) is 96.0 Å². The Morgan fingerprint density at radius 2 is 1.44 bits per heavy atom. The van der Waals surface area contributed by atoms with Crippen molar-refractivity contribution in [2.75, 3.05) is 17.5 Å². The first-order valence-corrected chi connectivity index (χ1v) is 17.9. The van der Waals surface area contributed by atoms with Gasteiger partial charge in [-0.2, -0.15) is 0 Å². The third-order valence-corrected chi connectivity index (χ3v) is 10.0. The Kier molecular flexibility index (Phi) is 12.4. The molecule has 0 unspecified atom stereocenters. The molecule has 0 aliphatic heterocycles. The maximum Gasteiger partial charge on any atom is 0.264 e. The Bertz CT molecular complexity index is 1810. The summed E-state index contributed by atoms with van der Waals surface area (Å²) in [5.74, 6) is -0.832. The third-order valence-electron chi connectivity index (χ3n) is 7.27. The van der Waals surface area contributed by atoms with E-state index < -0.39 is 40.0 Å². The highest BCUT2D eigenvalue weighted by Crippen LogP contribution is 2.34. The molecule has 1 N–H and O–H groups in total. The maximum atomic E-state index is 14.7. The molecule has 48 heavy (non-hydrogen) atoms. The van der Waals surface area contributed by atoms with Gasteiger partial charge in [0.05, 0.1) is 17.2 Å². The van der Waals surface area contributed by atoms with Crippen molar-refractivity contribution in [1.29, 1.82) is 0 Å². The summed E-state index contributed by atoms with van der Waals surface area (Å²) in [6, 6.07) is 25.4. The lowest BCUT2D eigenvalue weighted by Gasteiger charge is -2.35. The number of carbonyl (C=O) groups excluding carboxylic acids is 2. The van der Waals surface area contributed by atoms with E-state index in [2.05, 4.69) is 5.32 Å². The highest BCUT2D eigenvalue weighted by molar-refractivity contribution is 7.92. The van der Waals surface area contributed by atoms with Crippen LogP contribution in [0.3, 0.4) is 0 Å². The number of hydrogen-bond acceptors (Lipinski definition) is 5. The van der Waals surface area contributed by atoms with Gasteiger partial charge in [-0.15, -0.1) is 0 Å². The van der Waals surface area contributed by atoms with Crippen LogP contribution in [0.25, 0.3) is 0 Å². The van der Waals surface area contributed by atoms with Crippen LogP contribution in [0.15, 0.2) is 102 Å². The monoisotopic (exact) mass is 729 g/mol. The normalized spacial score (nSPS) is 12.2. The number of anilines is 1. The zero-order valence-electron chi connectivity index (χ0n) is 27.1. The van der Waals surface area contributed by atoms with Gasteiger partial charge in [0.15, 0.2) is 0 Å². The van der Waals surface area contributed by atoms with Crippen LogP contribution in [0.1, 0.15) is 38.8 Å². The van der Waals surface area contributed by atoms with Crippen LogP contribution in [0.4, 0.5) is 5.69 Å². The molecule has 4 rings (SSSR count). The first-order valence-electron chi connectivity index (χ1n) is 15.3. The predicted molar refractivity (Wildman–Crippen MR) is 192 cm³/mol. The lowest BCUT2D eigenvalue weighted by atomic mass is 10.0. The van der Waals surface area contributed by atoms with Crippen molar-refractivity contribution >= 4 is 62.3 Å². The lowest BCUT2D eigenvalue weighted by Crippen LogP contribution is -2.56. The number of nitrogens with one attached hydrogen (secondary N) is 1. The number of ether oxygens (including phenoxy) is 1. The first kappa shape index (κ1) is 37.1. The van der Waals surface area contributed by atoms with Crippen LogP contribution in [-0.2, 0) is 32.6 Å². The summed E-state index contributed by atoms with van der Waals surface area (Å²) in [4.78, 5) is 30.1. The molecule has 2 amide bonds. The number of benzene rings is 4. The van der Waals surface area contributed by atoms with Crippen LogP contribution in [0.2, 0.25) is 15.1 Å². The number of rotatable bonds is 13. The Morgan fingerprint density at radius 3 is 2.04 bits per heavy atom. The van der Waals surface area contributed by atoms with Crippen LogP contribution >= 0.6 is 34.8 Å². The van der Waals surface area contributed by atoms with Crippen molar-refractivity contribution < 1.29 is 22.7 Å². The number of sulfonamides is 1. The summed E-state index contributed by atoms with van der Waals surface area (Å²) in [6.07, 6.45) is 0.135. The number of halogens is 3. The van der Waals surface area contributed by atoms with E-state index in [-0.39, 0.29) is 35.9 Å². The molecule has 1 atom stereocenters. The first-order chi connectivity index (χ1) is 22.7. The summed E-state index contributed by atoms with van der Waals surface area (Å²) >= 11 is 19.3. The Hall–Kier alpha value is -3.76. The molecular formula is C36H38Cl3N3O5S. The maximum absolute atomic E-state index is 14.7. The molecule has 8 nitrogen and oxygen atoms in total. The smallest absolute Gasteiger partial charge is 0.264 e. The van der Waals surface area contributed by atoms with Crippen molar-refractivity contribution in [3.8, 4) is 5.75 Å². The van der Waals surface area contributed by atoms with Crippen molar-refractivity contribution in [3.05, 3.63) is 123 Å². The van der Waals surface area contributed by atoms with E-state index in [1.807, 2.05) is 51.1 Å². The summed E-state index contributed by atoms with van der Waals surface area (Å²) in [7, 11) is -4.37. The zero-order valence-corrected chi connectivity index (χ0v) is 30.2. The average molecular weight is 731 g/mol. The highest BCUT2D eigenvalue weighted by atomic mass is 35.5. The summed E-state index contributed by atoms with van der Waals surface area (Å²) < 4.78 is 35.5. The number of amides is 2. The molecular weight excluding hydrogens is 693 g/mol. The molecule has 0 saturated carbocycles. The molecule has 0 aliphatic rings. The van der Waals surface area contributed by atoms with Gasteiger partial charge in [-0.25, -0.2) is 8.42 Å².